The number of hydrogen-bond acceptors (Lipinski definition) is 7. The average molecular weight is 477 g/mol. The smallest absolute Gasteiger partial charge is 0.217 e. The van der Waals surface area contributed by atoms with Gasteiger partial charge in [0.05, 0.1) is 31.5 Å². The molecule has 1 aromatic rings. The lowest BCUT2D eigenvalue weighted by Gasteiger charge is -2.35. The van der Waals surface area contributed by atoms with E-state index in [9.17, 15) is 9.90 Å². The molecule has 0 saturated carbocycles. The van der Waals surface area contributed by atoms with Crippen molar-refractivity contribution in [2.75, 3.05) is 33.3 Å². The first-order valence-corrected chi connectivity index (χ1v) is 12.7. The summed E-state index contributed by atoms with van der Waals surface area (Å²) in [6.07, 6.45) is 8.96. The fourth-order valence-corrected chi connectivity index (χ4v) is 6.40. The highest BCUT2D eigenvalue weighted by Gasteiger charge is 2.33. The van der Waals surface area contributed by atoms with E-state index in [1.54, 1.807) is 39.2 Å². The van der Waals surface area contributed by atoms with E-state index in [4.69, 9.17) is 14.2 Å². The molecular formula is C24H30NO5S2-. The van der Waals surface area contributed by atoms with Crippen molar-refractivity contribution in [3.05, 3.63) is 46.8 Å². The molecular weight excluding hydrogens is 446 g/mol. The monoisotopic (exact) mass is 476 g/mol. The molecule has 2 aliphatic carbocycles. The second kappa shape index (κ2) is 10.2. The summed E-state index contributed by atoms with van der Waals surface area (Å²) in [5.74, 6) is 2.32. The normalized spacial score (nSPS) is 22.2. The lowest BCUT2D eigenvalue weighted by Crippen LogP contribution is -2.35. The first kappa shape index (κ1) is 24.5. The van der Waals surface area contributed by atoms with Gasteiger partial charge in [0.2, 0.25) is 11.7 Å². The Morgan fingerprint density at radius 2 is 1.97 bits per heavy atom. The van der Waals surface area contributed by atoms with Crippen LogP contribution in [0.1, 0.15) is 31.4 Å². The van der Waals surface area contributed by atoms with Crippen molar-refractivity contribution in [3.63, 3.8) is 0 Å². The predicted octanol–water partition coefficient (Wildman–Crippen LogP) is 3.54. The van der Waals surface area contributed by atoms with Gasteiger partial charge in [-0.15, -0.1) is 29.3 Å². The third kappa shape index (κ3) is 4.35. The number of thioether (sulfide) groups is 2. The molecule has 2 aliphatic rings. The number of methoxy groups -OCH3 is 3. The zero-order valence-corrected chi connectivity index (χ0v) is 21.0. The van der Waals surface area contributed by atoms with Crippen molar-refractivity contribution in [1.82, 2.24) is 5.32 Å². The molecule has 1 aromatic carbocycles. The van der Waals surface area contributed by atoms with Gasteiger partial charge in [-0.2, -0.15) is 0 Å². The number of benzene rings is 1. The Balaban J connectivity index is 2.36. The summed E-state index contributed by atoms with van der Waals surface area (Å²) in [5.41, 5.74) is 3.53. The molecule has 1 N–H and O–H groups in total. The molecule has 174 valence electrons. The van der Waals surface area contributed by atoms with Gasteiger partial charge in [-0.1, -0.05) is 25.2 Å². The average Bonchev–Trinajstić information content (AvgIpc) is 3.00. The largest absolute Gasteiger partial charge is 0.874 e. The Kier molecular flexibility index (Phi) is 7.77. The second-order valence-corrected chi connectivity index (χ2v) is 10.3. The molecule has 0 aromatic heterocycles. The number of amides is 1. The Bertz CT molecular complexity index is 985. The number of carbonyl (C=O) groups is 1. The highest BCUT2D eigenvalue weighted by molar-refractivity contribution is 8.18. The van der Waals surface area contributed by atoms with Crippen LogP contribution in [0.25, 0.3) is 5.57 Å². The van der Waals surface area contributed by atoms with Crippen molar-refractivity contribution in [3.8, 4) is 17.2 Å². The van der Waals surface area contributed by atoms with Crippen molar-refractivity contribution in [2.24, 2.45) is 0 Å². The van der Waals surface area contributed by atoms with Crippen LogP contribution < -0.4 is 24.6 Å². The SMILES string of the molecule is CCS[C@@]1(SC)C=CC2=C(C=C1[O-])[C@@H](NC(C)=O)CCc1cc(OC)c(OC)c(OC)c12. The Labute approximate surface area is 198 Å². The first-order chi connectivity index (χ1) is 15.3. The summed E-state index contributed by atoms with van der Waals surface area (Å²) >= 11 is 3.11. The topological polar surface area (TPSA) is 79.9 Å². The van der Waals surface area contributed by atoms with Crippen LogP contribution in [0.3, 0.4) is 0 Å². The summed E-state index contributed by atoms with van der Waals surface area (Å²) in [7, 11) is 4.77. The maximum absolute atomic E-state index is 13.5. The van der Waals surface area contributed by atoms with Gasteiger partial charge in [0.25, 0.3) is 0 Å². The van der Waals surface area contributed by atoms with E-state index in [1.165, 1.54) is 18.7 Å². The van der Waals surface area contributed by atoms with Crippen molar-refractivity contribution < 1.29 is 24.1 Å². The highest BCUT2D eigenvalue weighted by atomic mass is 32.2. The van der Waals surface area contributed by atoms with Gasteiger partial charge < -0.3 is 24.6 Å². The lowest BCUT2D eigenvalue weighted by molar-refractivity contribution is -0.305. The van der Waals surface area contributed by atoms with Crippen LogP contribution in [0.15, 0.2) is 35.6 Å². The third-order valence-electron chi connectivity index (χ3n) is 5.71. The molecule has 0 spiro atoms. The maximum Gasteiger partial charge on any atom is 0.217 e. The molecule has 0 unspecified atom stereocenters. The molecule has 3 rings (SSSR count). The van der Waals surface area contributed by atoms with E-state index in [2.05, 4.69) is 5.32 Å². The quantitative estimate of drug-likeness (QED) is 0.603. The maximum atomic E-state index is 13.5. The minimum absolute atomic E-state index is 0.0105. The molecule has 0 aliphatic heterocycles. The van der Waals surface area contributed by atoms with Crippen molar-refractivity contribution in [1.29, 1.82) is 0 Å². The van der Waals surface area contributed by atoms with E-state index in [-0.39, 0.29) is 17.7 Å². The minimum atomic E-state index is -0.717. The predicted molar refractivity (Wildman–Crippen MR) is 131 cm³/mol. The van der Waals surface area contributed by atoms with Gasteiger partial charge in [-0.05, 0) is 47.6 Å². The fraction of sp³-hybridized carbons (Fsp3) is 0.458. The van der Waals surface area contributed by atoms with Crippen LogP contribution in [0.5, 0.6) is 17.2 Å². The number of ether oxygens (including phenoxy) is 3. The molecule has 1 amide bonds. The Hall–Kier alpha value is -2.19. The molecule has 6 nitrogen and oxygen atoms in total. The van der Waals surface area contributed by atoms with E-state index in [0.29, 0.717) is 30.1 Å². The fourth-order valence-electron chi connectivity index (χ4n) is 4.32. The minimum Gasteiger partial charge on any atom is -0.874 e. The van der Waals surface area contributed by atoms with E-state index in [0.717, 1.165) is 28.0 Å². The second-order valence-electron chi connectivity index (χ2n) is 7.49. The highest BCUT2D eigenvalue weighted by Crippen LogP contribution is 2.50. The number of nitrogens with one attached hydrogen (secondary N) is 1. The van der Waals surface area contributed by atoms with Gasteiger partial charge in [0, 0.05) is 12.5 Å². The van der Waals surface area contributed by atoms with Crippen molar-refractivity contribution in [2.45, 2.75) is 36.8 Å². The number of aryl methyl sites for hydroxylation is 1. The summed E-state index contributed by atoms with van der Waals surface area (Å²) in [4.78, 5) is 12.0. The van der Waals surface area contributed by atoms with Gasteiger partial charge in [0.15, 0.2) is 11.5 Å². The van der Waals surface area contributed by atoms with Gasteiger partial charge in [-0.25, -0.2) is 0 Å². The zero-order chi connectivity index (χ0) is 23.5. The summed E-state index contributed by atoms with van der Waals surface area (Å²) < 4.78 is 16.3. The molecule has 0 fully saturated rings. The van der Waals surface area contributed by atoms with Crippen LogP contribution >= 0.6 is 23.5 Å². The summed E-state index contributed by atoms with van der Waals surface area (Å²) in [6, 6.07) is 1.66. The number of fused-ring (bicyclic) bond motifs is 2. The van der Waals surface area contributed by atoms with Crippen LogP contribution in [0.4, 0.5) is 0 Å². The summed E-state index contributed by atoms with van der Waals surface area (Å²) in [5, 5.41) is 16.5. The van der Waals surface area contributed by atoms with E-state index < -0.39 is 4.08 Å². The Morgan fingerprint density at radius 1 is 1.25 bits per heavy atom. The van der Waals surface area contributed by atoms with Gasteiger partial charge in [0.1, 0.15) is 0 Å². The number of rotatable bonds is 7. The number of carbonyl (C=O) groups excluding carboxylic acids is 1. The zero-order valence-electron chi connectivity index (χ0n) is 19.4. The van der Waals surface area contributed by atoms with E-state index in [1.807, 2.05) is 31.4 Å². The van der Waals surface area contributed by atoms with Crippen LogP contribution in [-0.2, 0) is 11.2 Å². The molecule has 32 heavy (non-hydrogen) atoms. The summed E-state index contributed by atoms with van der Waals surface area (Å²) in [6.45, 7) is 3.54. The van der Waals surface area contributed by atoms with E-state index >= 15 is 0 Å². The number of allylic oxidation sites excluding steroid dienone is 2. The van der Waals surface area contributed by atoms with Crippen LogP contribution in [-0.4, -0.2) is 49.4 Å². The Morgan fingerprint density at radius 3 is 2.53 bits per heavy atom. The molecule has 0 heterocycles. The molecule has 0 radical (unpaired) electrons. The molecule has 2 atom stereocenters. The molecule has 8 heteroatoms. The number of hydrogen-bond donors (Lipinski definition) is 1. The van der Waals surface area contributed by atoms with Gasteiger partial charge in [-0.3, -0.25) is 4.79 Å². The van der Waals surface area contributed by atoms with Crippen LogP contribution in [0.2, 0.25) is 0 Å². The third-order valence-corrected chi connectivity index (χ3v) is 8.56. The standard InChI is InChI=1S/C24H31NO5S2/c1-7-32-24(31-6)11-10-16-17(13-20(24)27)18(25-14(2)26)9-8-15-12-19(28-3)22(29-4)23(30-5)21(15)16/h10-13,18,27H,7-9H2,1-6H3,(H,25,26)/p-1/t18-,24-/m0/s1. The molecule has 0 bridgehead atoms. The van der Waals surface area contributed by atoms with Crippen LogP contribution in [0, 0.1) is 0 Å². The lowest BCUT2D eigenvalue weighted by atomic mass is 9.93. The first-order valence-electron chi connectivity index (χ1n) is 10.5. The molecule has 0 saturated heterocycles. The van der Waals surface area contributed by atoms with Crippen molar-refractivity contribution >= 4 is 35.0 Å². The van der Waals surface area contributed by atoms with Gasteiger partial charge >= 0.3 is 0 Å².